The minimum Gasteiger partial charge on any atom is -0.507 e. The Kier molecular flexibility index (Phi) is 7.48. The number of nitrogens with zero attached hydrogens (tertiary/aromatic N) is 6. The second-order valence-electron chi connectivity index (χ2n) is 11.1. The van der Waals surface area contributed by atoms with E-state index in [0.717, 1.165) is 12.1 Å². The summed E-state index contributed by atoms with van der Waals surface area (Å²) in [7, 11) is 0. The van der Waals surface area contributed by atoms with Crippen molar-refractivity contribution in [1.82, 2.24) is 24.4 Å². The number of carbonyl (C=O) groups is 1. The first-order valence-corrected chi connectivity index (χ1v) is 14.5. The van der Waals surface area contributed by atoms with Gasteiger partial charge in [-0.1, -0.05) is 32.0 Å². The molecule has 44 heavy (non-hydrogen) atoms. The van der Waals surface area contributed by atoms with Gasteiger partial charge < -0.3 is 19.6 Å². The fourth-order valence-corrected chi connectivity index (χ4v) is 6.23. The molecule has 0 bridgehead atoms. The molecule has 2 aliphatic rings. The Morgan fingerprint density at radius 3 is 2.73 bits per heavy atom. The van der Waals surface area contributed by atoms with E-state index in [1.807, 2.05) is 25.7 Å². The summed E-state index contributed by atoms with van der Waals surface area (Å²) in [5, 5.41) is 10.8. The fraction of sp³-hybridized carbons (Fsp3) is 0.323. The van der Waals surface area contributed by atoms with E-state index < -0.39 is 28.6 Å². The van der Waals surface area contributed by atoms with E-state index in [2.05, 4.69) is 21.5 Å². The number of aromatic nitrogens is 4. The molecule has 0 spiro atoms. The van der Waals surface area contributed by atoms with Gasteiger partial charge in [0.25, 0.3) is 0 Å². The molecule has 1 amide bonds. The number of pyridine rings is 2. The molecule has 0 saturated carbocycles. The van der Waals surface area contributed by atoms with Gasteiger partial charge in [-0.3, -0.25) is 9.78 Å². The molecule has 1 saturated heterocycles. The Balaban J connectivity index is 1.73. The van der Waals surface area contributed by atoms with Crippen molar-refractivity contribution >= 4 is 34.4 Å². The third kappa shape index (κ3) is 4.64. The van der Waals surface area contributed by atoms with Crippen LogP contribution in [0.25, 0.3) is 28.0 Å². The number of phenols is 1. The predicted molar refractivity (Wildman–Crippen MR) is 162 cm³/mol. The maximum atomic E-state index is 15.3. The van der Waals surface area contributed by atoms with Crippen molar-refractivity contribution in [1.29, 1.82) is 0 Å². The number of hydrogen-bond acceptors (Lipinski definition) is 8. The van der Waals surface area contributed by atoms with E-state index >= 15 is 4.39 Å². The van der Waals surface area contributed by atoms with Crippen molar-refractivity contribution in [3.05, 3.63) is 75.4 Å². The zero-order valence-corrected chi connectivity index (χ0v) is 25.0. The van der Waals surface area contributed by atoms with Gasteiger partial charge in [0.15, 0.2) is 23.0 Å². The van der Waals surface area contributed by atoms with Crippen molar-refractivity contribution in [2.75, 3.05) is 31.1 Å². The number of benzene rings is 1. The van der Waals surface area contributed by atoms with E-state index in [1.54, 1.807) is 17.2 Å². The number of hydrogen-bond donors (Lipinski definition) is 1. The second kappa shape index (κ2) is 11.2. The summed E-state index contributed by atoms with van der Waals surface area (Å²) in [5.41, 5.74) is 0.166. The van der Waals surface area contributed by atoms with Crippen LogP contribution in [-0.2, 0) is 4.79 Å². The van der Waals surface area contributed by atoms with Crippen LogP contribution >= 0.6 is 11.6 Å². The summed E-state index contributed by atoms with van der Waals surface area (Å²) in [5.74, 6) is -3.19. The minimum atomic E-state index is -1.36. The molecular weight excluding hydrogens is 594 g/mol. The highest BCUT2D eigenvalue weighted by Gasteiger charge is 2.36. The number of aromatic hydroxyl groups is 1. The number of carbonyl (C=O) groups excluding carboxylic acids is 1. The third-order valence-corrected chi connectivity index (χ3v) is 8.43. The highest BCUT2D eigenvalue weighted by molar-refractivity contribution is 6.36. The van der Waals surface area contributed by atoms with Crippen molar-refractivity contribution < 1.29 is 23.4 Å². The molecule has 13 heteroatoms. The quantitative estimate of drug-likeness (QED) is 0.320. The lowest BCUT2D eigenvalue weighted by molar-refractivity contribution is -0.126. The van der Waals surface area contributed by atoms with Crippen LogP contribution < -0.4 is 15.3 Å². The standard InChI is InChI=1S/C31H29ClF2N6O4/c1-5-20(42)38-11-12-39-17(14-38)9-13-44-28-22-29(39)37-31(43)40(27-16(4)8-10-35-25(27)15(2)3)30(22)36-26(23(28)32)21-19(41)7-6-18(33)24(21)34/h5-8,10,15,17,41H,1,9,11-14H2,2-4H3. The molecule has 228 valence electrons. The SMILES string of the molecule is C=CC(=O)N1CCN2c3nc(=O)n(-c4c(C)ccnc4C(C)C)c4nc(-c5c(O)ccc(F)c5F)c(Cl)c(c34)OCCC2C1. The van der Waals surface area contributed by atoms with Crippen LogP contribution in [0, 0.1) is 18.6 Å². The fourth-order valence-electron chi connectivity index (χ4n) is 5.95. The first kappa shape index (κ1) is 29.5. The molecule has 5 heterocycles. The van der Waals surface area contributed by atoms with E-state index in [0.29, 0.717) is 43.0 Å². The number of amides is 1. The summed E-state index contributed by atoms with van der Waals surface area (Å²) in [6.45, 7) is 10.4. The third-order valence-electron chi connectivity index (χ3n) is 8.08. The molecule has 10 nitrogen and oxygen atoms in total. The number of rotatable bonds is 4. The highest BCUT2D eigenvalue weighted by atomic mass is 35.5. The van der Waals surface area contributed by atoms with Gasteiger partial charge >= 0.3 is 5.69 Å². The summed E-state index contributed by atoms with van der Waals surface area (Å²) < 4.78 is 37.3. The molecule has 1 atom stereocenters. The number of anilines is 1. The lowest BCUT2D eigenvalue weighted by atomic mass is 10.0. The normalized spacial score (nSPS) is 16.4. The largest absolute Gasteiger partial charge is 0.507 e. The second-order valence-corrected chi connectivity index (χ2v) is 11.5. The summed E-state index contributed by atoms with van der Waals surface area (Å²) in [4.78, 5) is 43.9. The molecule has 0 aliphatic carbocycles. The zero-order chi connectivity index (χ0) is 31.4. The maximum absolute atomic E-state index is 15.3. The summed E-state index contributed by atoms with van der Waals surface area (Å²) in [6, 6.07) is 3.28. The van der Waals surface area contributed by atoms with E-state index in [4.69, 9.17) is 16.3 Å². The predicted octanol–water partition coefficient (Wildman–Crippen LogP) is 4.90. The van der Waals surface area contributed by atoms with Crippen LogP contribution in [0.5, 0.6) is 11.5 Å². The van der Waals surface area contributed by atoms with Crippen LogP contribution in [0.15, 0.2) is 41.8 Å². The number of phenolic OH excluding ortho intramolecular Hbond substituents is 1. The summed E-state index contributed by atoms with van der Waals surface area (Å²) >= 11 is 6.86. The number of fused-ring (bicyclic) bond motifs is 2. The first-order chi connectivity index (χ1) is 21.0. The lowest BCUT2D eigenvalue weighted by Crippen LogP contribution is -2.56. The van der Waals surface area contributed by atoms with Gasteiger partial charge in [-0.2, -0.15) is 4.98 Å². The number of piperazine rings is 1. The highest BCUT2D eigenvalue weighted by Crippen LogP contribution is 2.47. The monoisotopic (exact) mass is 622 g/mol. The smallest absolute Gasteiger partial charge is 0.355 e. The van der Waals surface area contributed by atoms with Gasteiger partial charge in [-0.05, 0) is 42.7 Å². The van der Waals surface area contributed by atoms with Gasteiger partial charge in [0, 0.05) is 32.3 Å². The van der Waals surface area contributed by atoms with Gasteiger partial charge in [0.1, 0.15) is 27.7 Å². The Bertz CT molecular complexity index is 1910. The summed E-state index contributed by atoms with van der Waals surface area (Å²) in [6.07, 6.45) is 3.33. The van der Waals surface area contributed by atoms with Crippen molar-refractivity contribution in [3.8, 4) is 28.4 Å². The van der Waals surface area contributed by atoms with Crippen molar-refractivity contribution in [2.24, 2.45) is 0 Å². The van der Waals surface area contributed by atoms with E-state index in [-0.39, 0.29) is 57.8 Å². The van der Waals surface area contributed by atoms with E-state index in [1.165, 1.54) is 10.6 Å². The first-order valence-electron chi connectivity index (χ1n) is 14.1. The Labute approximate surface area is 256 Å². The average Bonchev–Trinajstić information content (AvgIpc) is 2.99. The van der Waals surface area contributed by atoms with Crippen molar-refractivity contribution in [3.63, 3.8) is 0 Å². The molecule has 6 rings (SSSR count). The topological polar surface area (TPSA) is 114 Å². The molecular formula is C31H29ClF2N6O4. The molecule has 1 fully saturated rings. The van der Waals surface area contributed by atoms with Crippen LogP contribution in [0.2, 0.25) is 5.02 Å². The molecule has 1 N–H and O–H groups in total. The molecule has 1 aromatic carbocycles. The zero-order valence-electron chi connectivity index (χ0n) is 24.3. The van der Waals surface area contributed by atoms with Crippen LogP contribution in [0.4, 0.5) is 14.6 Å². The lowest BCUT2D eigenvalue weighted by Gasteiger charge is -2.43. The molecule has 1 unspecified atom stereocenters. The van der Waals surface area contributed by atoms with Gasteiger partial charge in [0.2, 0.25) is 5.91 Å². The molecule has 0 radical (unpaired) electrons. The maximum Gasteiger partial charge on any atom is 0.355 e. The Morgan fingerprint density at radius 2 is 2.00 bits per heavy atom. The Hall–Kier alpha value is -4.58. The number of ether oxygens (including phenoxy) is 1. The van der Waals surface area contributed by atoms with Crippen LogP contribution in [-0.4, -0.2) is 67.7 Å². The molecule has 3 aromatic heterocycles. The van der Waals surface area contributed by atoms with Crippen LogP contribution in [0.1, 0.15) is 37.4 Å². The molecule has 2 aliphatic heterocycles. The van der Waals surface area contributed by atoms with Crippen molar-refractivity contribution in [2.45, 2.75) is 39.2 Å². The minimum absolute atomic E-state index is 0.0145. The number of halogens is 3. The average molecular weight is 623 g/mol. The van der Waals surface area contributed by atoms with Gasteiger partial charge in [-0.25, -0.2) is 23.1 Å². The number of aryl methyl sites for hydroxylation is 1. The van der Waals surface area contributed by atoms with Crippen LogP contribution in [0.3, 0.4) is 0 Å². The Morgan fingerprint density at radius 1 is 1.23 bits per heavy atom. The van der Waals surface area contributed by atoms with E-state index in [9.17, 15) is 19.1 Å². The molecule has 4 aromatic rings. The van der Waals surface area contributed by atoms with Gasteiger partial charge in [-0.15, -0.1) is 0 Å². The van der Waals surface area contributed by atoms with Gasteiger partial charge in [0.05, 0.1) is 29.6 Å².